The van der Waals surface area contributed by atoms with Crippen molar-refractivity contribution in [1.82, 2.24) is 26.2 Å². The smallest absolute Gasteiger partial charge is 0.407 e. The molecule has 16 heteroatoms. The predicted octanol–water partition coefficient (Wildman–Crippen LogP) is 7.48. The zero-order chi connectivity index (χ0) is 48.1. The molecule has 6 amide bonds. The summed E-state index contributed by atoms with van der Waals surface area (Å²) in [6, 6.07) is 17.2. The molecule has 0 saturated carbocycles. The van der Waals surface area contributed by atoms with Crippen molar-refractivity contribution in [2.24, 2.45) is 11.8 Å². The van der Waals surface area contributed by atoms with Gasteiger partial charge in [-0.25, -0.2) is 18.4 Å². The Balaban J connectivity index is 1.72. The molecule has 5 atom stereocenters. The van der Waals surface area contributed by atoms with E-state index >= 15 is 4.39 Å². The van der Waals surface area contributed by atoms with Gasteiger partial charge in [0, 0.05) is 25.4 Å². The van der Waals surface area contributed by atoms with Crippen LogP contribution in [0.5, 0.6) is 0 Å². The van der Waals surface area contributed by atoms with Crippen LogP contribution in [0.15, 0.2) is 78.9 Å². The van der Waals surface area contributed by atoms with E-state index in [2.05, 4.69) is 42.0 Å². The highest BCUT2D eigenvalue weighted by Gasteiger charge is 2.43. The van der Waals surface area contributed by atoms with Crippen LogP contribution in [0.4, 0.5) is 18.4 Å². The summed E-state index contributed by atoms with van der Waals surface area (Å²) in [4.78, 5) is 71.1. The summed E-state index contributed by atoms with van der Waals surface area (Å²) in [7, 11) is -2.70. The molecule has 4 rings (SSSR count). The van der Waals surface area contributed by atoms with Gasteiger partial charge in [-0.2, -0.15) is 0 Å². The lowest BCUT2D eigenvalue weighted by Gasteiger charge is -2.42. The molecule has 3 aromatic carbocycles. The summed E-state index contributed by atoms with van der Waals surface area (Å²) >= 11 is 0. The van der Waals surface area contributed by atoms with Crippen LogP contribution in [0.3, 0.4) is 0 Å². The minimum absolute atomic E-state index is 0.0382. The van der Waals surface area contributed by atoms with Crippen LogP contribution in [0.1, 0.15) is 78.5 Å². The van der Waals surface area contributed by atoms with E-state index in [-0.39, 0.29) is 36.3 Å². The fraction of sp³-hybridized carbons (Fsp3) is 0.531. The van der Waals surface area contributed by atoms with Gasteiger partial charge in [-0.1, -0.05) is 95.3 Å². The van der Waals surface area contributed by atoms with E-state index in [1.54, 1.807) is 89.2 Å². The van der Waals surface area contributed by atoms with Crippen LogP contribution in [-0.4, -0.2) is 99.2 Å². The lowest BCUT2D eigenvalue weighted by molar-refractivity contribution is -0.134. The number of carbonyl (C=O) groups excluding carboxylic acids is 5. The second-order valence-electron chi connectivity index (χ2n) is 19.6. The fourth-order valence-corrected chi connectivity index (χ4v) is 8.49. The van der Waals surface area contributed by atoms with Crippen LogP contribution < -0.4 is 21.3 Å². The van der Waals surface area contributed by atoms with Gasteiger partial charge >= 0.3 is 12.1 Å². The summed E-state index contributed by atoms with van der Waals surface area (Å²) in [5, 5.41) is 10.8. The molecule has 65 heavy (non-hydrogen) atoms. The summed E-state index contributed by atoms with van der Waals surface area (Å²) in [5.74, 6) is -4.46. The fourth-order valence-electron chi connectivity index (χ4n) is 7.12. The van der Waals surface area contributed by atoms with Gasteiger partial charge in [-0.15, -0.1) is 0 Å². The number of carbonyl (C=O) groups is 5. The van der Waals surface area contributed by atoms with Crippen molar-refractivity contribution < 1.29 is 46.7 Å². The minimum atomic E-state index is -2.70. The third kappa shape index (κ3) is 16.6. The third-order valence-corrected chi connectivity index (χ3v) is 16.3. The molecule has 1 saturated heterocycles. The Kier molecular flexibility index (Phi) is 18.8. The first kappa shape index (κ1) is 52.4. The Bertz CT molecular complexity index is 2050. The highest BCUT2D eigenvalue weighted by molar-refractivity contribution is 6.74. The number of hydrogen-bond acceptors (Lipinski definition) is 8. The highest BCUT2D eigenvalue weighted by atomic mass is 28.4. The number of alkyl carbamates (subject to hydrolysis) is 1. The third-order valence-electron chi connectivity index (χ3n) is 11.8. The van der Waals surface area contributed by atoms with Crippen LogP contribution >= 0.6 is 0 Å². The molecule has 3 aromatic rings. The van der Waals surface area contributed by atoms with Crippen molar-refractivity contribution in [1.29, 1.82) is 0 Å². The molecule has 13 nitrogen and oxygen atoms in total. The topological polar surface area (TPSA) is 164 Å². The van der Waals surface area contributed by atoms with Crippen molar-refractivity contribution >= 4 is 38.2 Å². The molecule has 4 N–H and O–H groups in total. The van der Waals surface area contributed by atoms with Gasteiger partial charge in [0.25, 0.3) is 5.91 Å². The Labute approximate surface area is 384 Å². The molecule has 0 radical (unpaired) electrons. The second kappa shape index (κ2) is 23.3. The van der Waals surface area contributed by atoms with Crippen molar-refractivity contribution in [3.05, 3.63) is 107 Å². The van der Waals surface area contributed by atoms with E-state index in [1.165, 1.54) is 23.1 Å². The van der Waals surface area contributed by atoms with Gasteiger partial charge in [0.15, 0.2) is 8.32 Å². The van der Waals surface area contributed by atoms with Gasteiger partial charge in [-0.3, -0.25) is 19.7 Å². The SMILES string of the molecule is CC(C)C(NC(=O)C(Cc1ccccc1F)CC(O[Si](C)(C)C(C)(C)C)C(Cc1ccc(F)cc1)NC(=O)OC(C)(C)C)C(=O)NC(Cc1ccccc1)C(=O)NC(=O)N1CCOCC1. The van der Waals surface area contributed by atoms with Crippen molar-refractivity contribution in [2.45, 2.75) is 129 Å². The molecule has 5 unspecified atom stereocenters. The lowest BCUT2D eigenvalue weighted by atomic mass is 9.88. The molecule has 0 aliphatic carbocycles. The maximum atomic E-state index is 15.5. The maximum absolute atomic E-state index is 15.5. The number of nitrogens with zero attached hydrogens (tertiary/aromatic N) is 1. The predicted molar refractivity (Wildman–Crippen MR) is 248 cm³/mol. The number of morpholine rings is 1. The van der Waals surface area contributed by atoms with Gasteiger partial charge in [0.05, 0.1) is 25.4 Å². The lowest BCUT2D eigenvalue weighted by Crippen LogP contribution is -2.59. The van der Waals surface area contributed by atoms with Crippen LogP contribution in [0.25, 0.3) is 0 Å². The standard InChI is InChI=1S/C49H69F2N5O8Si/c1-32(2)42(45(59)52-40(29-33-16-12-11-13-17-33)44(58)55-46(60)56-24-26-62-27-25-56)54-43(57)36(30-35-18-14-15-19-38(35)51)31-41(64-65(9,10)49(6,7)8)39(53-47(61)63-48(3,4)5)28-34-20-22-37(50)23-21-34/h11-23,32,36,39-42H,24-31H2,1-10H3,(H,52,59)(H,53,61)(H,54,57)(H,55,58,60). The summed E-state index contributed by atoms with van der Waals surface area (Å²) < 4.78 is 47.8. The number of rotatable bonds is 18. The first-order valence-corrected chi connectivity index (χ1v) is 25.3. The first-order valence-electron chi connectivity index (χ1n) is 22.4. The molecule has 356 valence electrons. The number of nitrogens with one attached hydrogen (secondary N) is 4. The summed E-state index contributed by atoms with van der Waals surface area (Å²) in [6.07, 6.45) is -1.51. The molecule has 1 fully saturated rings. The molecular weight excluding hydrogens is 853 g/mol. The number of benzene rings is 3. The van der Waals surface area contributed by atoms with Crippen LogP contribution in [0, 0.1) is 23.5 Å². The summed E-state index contributed by atoms with van der Waals surface area (Å²) in [5.41, 5.74) is 0.816. The molecular formula is C49H69F2N5O8Si. The van der Waals surface area contributed by atoms with E-state index in [0.29, 0.717) is 31.9 Å². The van der Waals surface area contributed by atoms with E-state index in [9.17, 15) is 28.4 Å². The van der Waals surface area contributed by atoms with Gasteiger partial charge < -0.3 is 34.8 Å². The maximum Gasteiger partial charge on any atom is 0.407 e. The molecule has 0 aromatic heterocycles. The Morgan fingerprint density at radius 2 is 1.34 bits per heavy atom. The van der Waals surface area contributed by atoms with E-state index < -0.39 is 91.5 Å². The van der Waals surface area contributed by atoms with Crippen molar-refractivity contribution in [3.8, 4) is 0 Å². The number of amides is 6. The molecule has 1 heterocycles. The average molecular weight is 922 g/mol. The monoisotopic (exact) mass is 921 g/mol. The van der Waals surface area contributed by atoms with E-state index in [0.717, 1.165) is 5.56 Å². The Morgan fingerprint density at radius 1 is 0.738 bits per heavy atom. The number of halogens is 2. The Morgan fingerprint density at radius 3 is 1.92 bits per heavy atom. The molecule has 0 spiro atoms. The van der Waals surface area contributed by atoms with Crippen molar-refractivity contribution in [3.63, 3.8) is 0 Å². The zero-order valence-corrected chi connectivity index (χ0v) is 40.6. The van der Waals surface area contributed by atoms with Gasteiger partial charge in [-0.05, 0) is 99.0 Å². The first-order chi connectivity index (χ1) is 30.4. The molecule has 1 aliphatic heterocycles. The number of hydrogen-bond donors (Lipinski definition) is 4. The van der Waals surface area contributed by atoms with Crippen LogP contribution in [-0.2, 0) is 47.5 Å². The number of imide groups is 1. The largest absolute Gasteiger partial charge is 0.444 e. The molecule has 0 bridgehead atoms. The average Bonchev–Trinajstić information content (AvgIpc) is 3.22. The van der Waals surface area contributed by atoms with E-state index in [4.69, 9.17) is 13.9 Å². The highest BCUT2D eigenvalue weighted by Crippen LogP contribution is 2.39. The second-order valence-corrected chi connectivity index (χ2v) is 24.4. The summed E-state index contributed by atoms with van der Waals surface area (Å²) in [6.45, 7) is 20.3. The minimum Gasteiger partial charge on any atom is -0.444 e. The molecule has 1 aliphatic rings. The Hall–Kier alpha value is -5.19. The van der Waals surface area contributed by atoms with Crippen molar-refractivity contribution in [2.75, 3.05) is 26.3 Å². The zero-order valence-electron chi connectivity index (χ0n) is 39.6. The van der Waals surface area contributed by atoms with Gasteiger partial charge in [0.1, 0.15) is 29.3 Å². The van der Waals surface area contributed by atoms with Crippen LogP contribution in [0.2, 0.25) is 18.1 Å². The quantitative estimate of drug-likeness (QED) is 0.0955. The number of ether oxygens (including phenoxy) is 2. The van der Waals surface area contributed by atoms with E-state index in [1.807, 2.05) is 19.2 Å². The number of urea groups is 1. The van der Waals surface area contributed by atoms with Gasteiger partial charge in [0.2, 0.25) is 11.8 Å². The normalized spacial score (nSPS) is 15.8.